The normalized spacial score (nSPS) is 20.8. The Labute approximate surface area is 124 Å². The van der Waals surface area contributed by atoms with Gasteiger partial charge < -0.3 is 9.84 Å². The van der Waals surface area contributed by atoms with E-state index in [0.717, 1.165) is 23.6 Å². The molecule has 0 bridgehead atoms. The fourth-order valence-corrected chi connectivity index (χ4v) is 3.09. The highest BCUT2D eigenvalue weighted by Crippen LogP contribution is 2.40. The number of rotatable bonds is 4. The predicted molar refractivity (Wildman–Crippen MR) is 79.3 cm³/mol. The number of aryl methyl sites for hydroxylation is 1. The van der Waals surface area contributed by atoms with Crippen molar-refractivity contribution in [3.8, 4) is 5.75 Å². The SMILES string of the molecule is COc1ccc2c(c1)C(O)(Cc1ncnn1C(C)C)CC2. The largest absolute Gasteiger partial charge is 0.497 e. The van der Waals surface area contributed by atoms with Crippen LogP contribution in [-0.4, -0.2) is 27.0 Å². The summed E-state index contributed by atoms with van der Waals surface area (Å²) in [4.78, 5) is 4.32. The second-order valence-electron chi connectivity index (χ2n) is 5.95. The summed E-state index contributed by atoms with van der Waals surface area (Å²) in [6.45, 7) is 4.13. The van der Waals surface area contributed by atoms with Crippen LogP contribution in [0, 0.1) is 0 Å². The van der Waals surface area contributed by atoms with Crippen molar-refractivity contribution >= 4 is 0 Å². The van der Waals surface area contributed by atoms with Gasteiger partial charge in [0.05, 0.1) is 12.7 Å². The zero-order chi connectivity index (χ0) is 15.0. The average molecular weight is 287 g/mol. The molecule has 0 saturated carbocycles. The van der Waals surface area contributed by atoms with Crippen molar-refractivity contribution in [3.63, 3.8) is 0 Å². The molecule has 1 aliphatic carbocycles. The molecule has 5 nitrogen and oxygen atoms in total. The summed E-state index contributed by atoms with van der Waals surface area (Å²) in [7, 11) is 1.64. The number of methoxy groups -OCH3 is 1. The van der Waals surface area contributed by atoms with Crippen LogP contribution in [0.4, 0.5) is 0 Å². The summed E-state index contributed by atoms with van der Waals surface area (Å²) in [6, 6.07) is 6.16. The summed E-state index contributed by atoms with van der Waals surface area (Å²) >= 11 is 0. The maximum atomic E-state index is 11.1. The van der Waals surface area contributed by atoms with Gasteiger partial charge in [-0.05, 0) is 49.9 Å². The third-order valence-electron chi connectivity index (χ3n) is 4.21. The number of nitrogens with zero attached hydrogens (tertiary/aromatic N) is 3. The molecule has 1 N–H and O–H groups in total. The first kappa shape index (κ1) is 14.1. The van der Waals surface area contributed by atoms with Gasteiger partial charge in [-0.3, -0.25) is 0 Å². The van der Waals surface area contributed by atoms with Gasteiger partial charge in [0.1, 0.15) is 17.9 Å². The second-order valence-corrected chi connectivity index (χ2v) is 5.95. The molecule has 0 saturated heterocycles. The van der Waals surface area contributed by atoms with E-state index in [1.165, 1.54) is 5.56 Å². The molecule has 112 valence electrons. The van der Waals surface area contributed by atoms with Gasteiger partial charge in [-0.1, -0.05) is 6.07 Å². The summed E-state index contributed by atoms with van der Waals surface area (Å²) in [5.74, 6) is 1.60. The van der Waals surface area contributed by atoms with E-state index < -0.39 is 5.60 Å². The van der Waals surface area contributed by atoms with Gasteiger partial charge in [-0.2, -0.15) is 5.10 Å². The number of hydrogen-bond acceptors (Lipinski definition) is 4. The lowest BCUT2D eigenvalue weighted by atomic mass is 9.91. The van der Waals surface area contributed by atoms with Crippen LogP contribution in [-0.2, 0) is 18.4 Å². The van der Waals surface area contributed by atoms with Crippen molar-refractivity contribution < 1.29 is 9.84 Å². The van der Waals surface area contributed by atoms with Crippen LogP contribution in [0.25, 0.3) is 0 Å². The maximum Gasteiger partial charge on any atom is 0.138 e. The monoisotopic (exact) mass is 287 g/mol. The molecule has 1 aromatic heterocycles. The molecule has 0 aliphatic heterocycles. The molecule has 2 aromatic rings. The van der Waals surface area contributed by atoms with E-state index in [1.54, 1.807) is 13.4 Å². The zero-order valence-corrected chi connectivity index (χ0v) is 12.7. The van der Waals surface area contributed by atoms with E-state index >= 15 is 0 Å². The first-order chi connectivity index (χ1) is 10.0. The number of ether oxygens (including phenoxy) is 1. The van der Waals surface area contributed by atoms with Crippen molar-refractivity contribution in [2.24, 2.45) is 0 Å². The smallest absolute Gasteiger partial charge is 0.138 e. The van der Waals surface area contributed by atoms with Gasteiger partial charge in [0.2, 0.25) is 0 Å². The summed E-state index contributed by atoms with van der Waals surface area (Å²) in [5, 5.41) is 15.4. The lowest BCUT2D eigenvalue weighted by molar-refractivity contribution is 0.0353. The van der Waals surface area contributed by atoms with E-state index in [-0.39, 0.29) is 6.04 Å². The number of hydrogen-bond donors (Lipinski definition) is 1. The Hall–Kier alpha value is -1.88. The zero-order valence-electron chi connectivity index (χ0n) is 12.7. The second kappa shape index (κ2) is 5.15. The first-order valence-corrected chi connectivity index (χ1v) is 7.31. The number of aromatic nitrogens is 3. The molecular weight excluding hydrogens is 266 g/mol. The van der Waals surface area contributed by atoms with Gasteiger partial charge >= 0.3 is 0 Å². The molecule has 1 aromatic carbocycles. The predicted octanol–water partition coefficient (Wildman–Crippen LogP) is 2.24. The Bertz CT molecular complexity index is 651. The highest BCUT2D eigenvalue weighted by atomic mass is 16.5. The van der Waals surface area contributed by atoms with Gasteiger partial charge in [0.15, 0.2) is 0 Å². The van der Waals surface area contributed by atoms with Crippen LogP contribution in [0.2, 0.25) is 0 Å². The number of benzene rings is 1. The van der Waals surface area contributed by atoms with Crippen LogP contribution >= 0.6 is 0 Å². The first-order valence-electron chi connectivity index (χ1n) is 7.31. The maximum absolute atomic E-state index is 11.1. The van der Waals surface area contributed by atoms with E-state index in [9.17, 15) is 5.11 Å². The van der Waals surface area contributed by atoms with Crippen LogP contribution in [0.5, 0.6) is 5.75 Å². The lowest BCUT2D eigenvalue weighted by Gasteiger charge is -2.24. The van der Waals surface area contributed by atoms with Crippen molar-refractivity contribution in [2.75, 3.05) is 7.11 Å². The Morgan fingerprint density at radius 2 is 2.24 bits per heavy atom. The third-order valence-corrected chi connectivity index (χ3v) is 4.21. The van der Waals surface area contributed by atoms with Crippen molar-refractivity contribution in [1.82, 2.24) is 14.8 Å². The molecule has 1 aliphatic rings. The minimum Gasteiger partial charge on any atom is -0.497 e. The van der Waals surface area contributed by atoms with Crippen molar-refractivity contribution in [2.45, 2.75) is 44.8 Å². The minimum atomic E-state index is -0.885. The van der Waals surface area contributed by atoms with Crippen LogP contribution < -0.4 is 4.74 Å². The third kappa shape index (κ3) is 2.42. The van der Waals surface area contributed by atoms with Gasteiger partial charge in [0, 0.05) is 12.5 Å². The Balaban J connectivity index is 1.95. The molecule has 0 radical (unpaired) electrons. The molecule has 0 fully saturated rings. The van der Waals surface area contributed by atoms with E-state index in [0.29, 0.717) is 12.8 Å². The molecular formula is C16H21N3O2. The molecule has 3 rings (SSSR count). The summed E-state index contributed by atoms with van der Waals surface area (Å²) in [6.07, 6.45) is 3.62. The summed E-state index contributed by atoms with van der Waals surface area (Å²) in [5.41, 5.74) is 1.26. The molecule has 0 amide bonds. The van der Waals surface area contributed by atoms with Gasteiger partial charge in [-0.25, -0.2) is 9.67 Å². The van der Waals surface area contributed by atoms with E-state index in [4.69, 9.17) is 4.74 Å². The highest BCUT2D eigenvalue weighted by Gasteiger charge is 2.38. The van der Waals surface area contributed by atoms with E-state index in [1.807, 2.05) is 22.9 Å². The van der Waals surface area contributed by atoms with Crippen LogP contribution in [0.15, 0.2) is 24.5 Å². The molecule has 1 unspecified atom stereocenters. The fraction of sp³-hybridized carbons (Fsp3) is 0.500. The summed E-state index contributed by atoms with van der Waals surface area (Å²) < 4.78 is 7.16. The average Bonchev–Trinajstić information content (AvgIpc) is 3.04. The Morgan fingerprint density at radius 1 is 1.43 bits per heavy atom. The quantitative estimate of drug-likeness (QED) is 0.937. The molecule has 1 atom stereocenters. The van der Waals surface area contributed by atoms with Crippen LogP contribution in [0.3, 0.4) is 0 Å². The topological polar surface area (TPSA) is 60.2 Å². The molecule has 1 heterocycles. The highest BCUT2D eigenvalue weighted by molar-refractivity contribution is 5.43. The van der Waals surface area contributed by atoms with Gasteiger partial charge in [0.25, 0.3) is 0 Å². The molecule has 5 heteroatoms. The number of fused-ring (bicyclic) bond motifs is 1. The Kier molecular flexibility index (Phi) is 3.45. The van der Waals surface area contributed by atoms with Crippen molar-refractivity contribution in [1.29, 1.82) is 0 Å². The number of aliphatic hydroxyl groups is 1. The van der Waals surface area contributed by atoms with E-state index in [2.05, 4.69) is 23.9 Å². The lowest BCUT2D eigenvalue weighted by Crippen LogP contribution is -2.27. The Morgan fingerprint density at radius 3 is 2.95 bits per heavy atom. The fourth-order valence-electron chi connectivity index (χ4n) is 3.09. The standard InChI is InChI=1S/C16H21N3O2/c1-11(2)19-15(17-10-18-19)9-16(20)7-6-12-4-5-13(21-3)8-14(12)16/h4-5,8,10-11,20H,6-7,9H2,1-3H3. The minimum absolute atomic E-state index is 0.234. The molecule has 21 heavy (non-hydrogen) atoms. The molecule has 0 spiro atoms. The van der Waals surface area contributed by atoms with Crippen LogP contribution in [0.1, 0.15) is 43.3 Å². The van der Waals surface area contributed by atoms with Gasteiger partial charge in [-0.15, -0.1) is 0 Å². The van der Waals surface area contributed by atoms with Crippen molar-refractivity contribution in [3.05, 3.63) is 41.5 Å².